The molecule has 2 heterocycles. The molecule has 0 saturated carbocycles. The van der Waals surface area contributed by atoms with E-state index in [4.69, 9.17) is 5.11 Å². The van der Waals surface area contributed by atoms with Gasteiger partial charge in [0.05, 0.1) is 0 Å². The summed E-state index contributed by atoms with van der Waals surface area (Å²) in [7, 11) is -3.78. The Morgan fingerprint density at radius 2 is 1.67 bits per heavy atom. The summed E-state index contributed by atoms with van der Waals surface area (Å²) in [6, 6.07) is -1.18. The molecule has 2 atom stereocenters. The summed E-state index contributed by atoms with van der Waals surface area (Å²) in [5.41, 5.74) is 0. The molecule has 0 aromatic rings. The molecule has 2 aliphatic heterocycles. The minimum absolute atomic E-state index is 0.0565. The van der Waals surface area contributed by atoms with E-state index in [1.807, 2.05) is 0 Å². The zero-order chi connectivity index (χ0) is 15.5. The molecule has 122 valence electrons. The van der Waals surface area contributed by atoms with Gasteiger partial charge in [-0.15, -0.1) is 0 Å². The molecule has 7 nitrogen and oxygen atoms in total. The Morgan fingerprint density at radius 3 is 2.29 bits per heavy atom. The lowest BCUT2D eigenvalue weighted by Crippen LogP contribution is -2.56. The minimum Gasteiger partial charge on any atom is -0.480 e. The monoisotopic (exact) mass is 320 g/mol. The fraction of sp³-hybridized carbons (Fsp3) is 0.923. The molecule has 0 aliphatic carbocycles. The van der Waals surface area contributed by atoms with Crippen LogP contribution in [0.2, 0.25) is 0 Å². The lowest BCUT2D eigenvalue weighted by atomic mass is 10.0. The Labute approximate surface area is 125 Å². The minimum atomic E-state index is -3.78. The van der Waals surface area contributed by atoms with Crippen LogP contribution >= 0.6 is 0 Å². The predicted molar refractivity (Wildman–Crippen MR) is 76.9 cm³/mol. The van der Waals surface area contributed by atoms with Crippen molar-refractivity contribution in [1.29, 1.82) is 0 Å². The number of aliphatic carboxylic acids is 1. The van der Waals surface area contributed by atoms with E-state index in [2.05, 4.69) is 0 Å². The van der Waals surface area contributed by atoms with Crippen LogP contribution in [-0.2, 0) is 15.0 Å². The molecule has 0 aromatic heterocycles. The molecule has 0 radical (unpaired) electrons. The second-order valence-corrected chi connectivity index (χ2v) is 7.57. The van der Waals surface area contributed by atoms with Crippen molar-refractivity contribution in [1.82, 2.24) is 8.61 Å². The van der Waals surface area contributed by atoms with Crippen LogP contribution in [0.4, 0.5) is 0 Å². The van der Waals surface area contributed by atoms with Gasteiger partial charge in [0.1, 0.15) is 6.04 Å². The van der Waals surface area contributed by atoms with Gasteiger partial charge in [-0.1, -0.05) is 6.42 Å². The molecule has 2 rings (SSSR count). The molecule has 21 heavy (non-hydrogen) atoms. The van der Waals surface area contributed by atoms with Gasteiger partial charge in [0.25, 0.3) is 10.2 Å². The third kappa shape index (κ3) is 3.56. The van der Waals surface area contributed by atoms with Crippen LogP contribution in [0.5, 0.6) is 0 Å². The van der Waals surface area contributed by atoms with Gasteiger partial charge in [-0.25, -0.2) is 0 Å². The predicted octanol–water partition coefficient (Wildman–Crippen LogP) is 0.407. The first-order valence-corrected chi connectivity index (χ1v) is 9.00. The zero-order valence-electron chi connectivity index (χ0n) is 12.1. The maximum Gasteiger partial charge on any atom is 0.322 e. The SMILES string of the molecule is O=C(O)C1CCCCN1S(=O)(=O)N1CCCCC1CCO. The van der Waals surface area contributed by atoms with Gasteiger partial charge in [0.15, 0.2) is 0 Å². The molecule has 8 heteroatoms. The number of carbonyl (C=O) groups is 1. The molecule has 0 bridgehead atoms. The Kier molecular flexibility index (Phi) is 5.59. The topological polar surface area (TPSA) is 98.2 Å². The maximum absolute atomic E-state index is 12.8. The first kappa shape index (κ1) is 16.7. The Bertz CT molecular complexity index is 465. The van der Waals surface area contributed by atoms with Crippen molar-refractivity contribution in [2.45, 2.75) is 57.0 Å². The van der Waals surface area contributed by atoms with Crippen LogP contribution in [0.15, 0.2) is 0 Å². The molecule has 0 spiro atoms. The van der Waals surface area contributed by atoms with Gasteiger partial charge < -0.3 is 10.2 Å². The number of carboxylic acids is 1. The van der Waals surface area contributed by atoms with Crippen LogP contribution in [0, 0.1) is 0 Å². The number of aliphatic hydroxyl groups excluding tert-OH is 1. The summed E-state index contributed by atoms with van der Waals surface area (Å²) in [5, 5.41) is 18.4. The quantitative estimate of drug-likeness (QED) is 0.764. The average molecular weight is 320 g/mol. The number of hydrogen-bond donors (Lipinski definition) is 2. The van der Waals surface area contributed by atoms with Crippen molar-refractivity contribution < 1.29 is 23.4 Å². The van der Waals surface area contributed by atoms with Crippen LogP contribution in [-0.4, -0.2) is 65.0 Å². The van der Waals surface area contributed by atoms with Gasteiger partial charge >= 0.3 is 5.97 Å². The van der Waals surface area contributed by atoms with Crippen molar-refractivity contribution in [3.05, 3.63) is 0 Å². The highest BCUT2D eigenvalue weighted by atomic mass is 32.2. The molecule has 2 fully saturated rings. The fourth-order valence-electron chi connectivity index (χ4n) is 3.28. The standard InChI is InChI=1S/C13H24N2O5S/c16-10-7-11-5-1-3-8-14(11)21(19,20)15-9-4-2-6-12(15)13(17)18/h11-12,16H,1-10H2,(H,17,18). The number of rotatable bonds is 5. The van der Waals surface area contributed by atoms with Crippen molar-refractivity contribution in [2.24, 2.45) is 0 Å². The van der Waals surface area contributed by atoms with Crippen molar-refractivity contribution >= 4 is 16.2 Å². The third-order valence-corrected chi connectivity index (χ3v) is 6.47. The molecule has 0 aromatic carbocycles. The van der Waals surface area contributed by atoms with E-state index < -0.39 is 22.2 Å². The number of piperidine rings is 2. The average Bonchev–Trinajstić information content (AvgIpc) is 2.48. The summed E-state index contributed by atoms with van der Waals surface area (Å²) < 4.78 is 28.3. The highest BCUT2D eigenvalue weighted by molar-refractivity contribution is 7.86. The van der Waals surface area contributed by atoms with Crippen LogP contribution in [0.25, 0.3) is 0 Å². The van der Waals surface area contributed by atoms with Gasteiger partial charge in [-0.2, -0.15) is 17.0 Å². The Balaban J connectivity index is 2.23. The highest BCUT2D eigenvalue weighted by Crippen LogP contribution is 2.28. The van der Waals surface area contributed by atoms with E-state index in [-0.39, 0.29) is 19.2 Å². The van der Waals surface area contributed by atoms with E-state index in [1.54, 1.807) is 0 Å². The van der Waals surface area contributed by atoms with E-state index in [0.29, 0.717) is 25.8 Å². The fourth-order valence-corrected chi connectivity index (χ4v) is 5.37. The van der Waals surface area contributed by atoms with E-state index >= 15 is 0 Å². The lowest BCUT2D eigenvalue weighted by molar-refractivity contribution is -0.142. The summed E-state index contributed by atoms with van der Waals surface area (Å²) >= 11 is 0. The zero-order valence-corrected chi connectivity index (χ0v) is 13.0. The Hall–Kier alpha value is -0.700. The molecular formula is C13H24N2O5S. The molecule has 2 N–H and O–H groups in total. The summed E-state index contributed by atoms with van der Waals surface area (Å²) in [4.78, 5) is 11.3. The third-order valence-electron chi connectivity index (χ3n) is 4.37. The van der Waals surface area contributed by atoms with Gasteiger partial charge in [0, 0.05) is 25.7 Å². The molecular weight excluding hydrogens is 296 g/mol. The highest BCUT2D eigenvalue weighted by Gasteiger charge is 2.42. The normalized spacial score (nSPS) is 29.4. The van der Waals surface area contributed by atoms with E-state index in [0.717, 1.165) is 30.0 Å². The smallest absolute Gasteiger partial charge is 0.322 e. The largest absolute Gasteiger partial charge is 0.480 e. The molecule has 0 amide bonds. The number of carboxylic acid groups (broad SMARTS) is 1. The first-order valence-electron chi connectivity index (χ1n) is 7.60. The first-order chi connectivity index (χ1) is 9.98. The summed E-state index contributed by atoms with van der Waals surface area (Å²) in [5.74, 6) is -1.08. The van der Waals surface area contributed by atoms with Gasteiger partial charge in [0.2, 0.25) is 0 Å². The van der Waals surface area contributed by atoms with Crippen molar-refractivity contribution in [2.75, 3.05) is 19.7 Å². The number of aliphatic hydroxyl groups is 1. The van der Waals surface area contributed by atoms with Crippen LogP contribution in [0.1, 0.15) is 44.9 Å². The van der Waals surface area contributed by atoms with Crippen LogP contribution < -0.4 is 0 Å². The summed E-state index contributed by atoms with van der Waals surface area (Å²) in [6.45, 7) is 0.622. The van der Waals surface area contributed by atoms with Crippen molar-refractivity contribution in [3.8, 4) is 0 Å². The maximum atomic E-state index is 12.8. The molecule has 2 saturated heterocycles. The summed E-state index contributed by atoms with van der Waals surface area (Å²) in [6.07, 6.45) is 4.67. The van der Waals surface area contributed by atoms with Crippen molar-refractivity contribution in [3.63, 3.8) is 0 Å². The second-order valence-electron chi connectivity index (χ2n) is 5.74. The second kappa shape index (κ2) is 7.04. The van der Waals surface area contributed by atoms with Gasteiger partial charge in [-0.3, -0.25) is 4.79 Å². The Morgan fingerprint density at radius 1 is 1.05 bits per heavy atom. The number of nitrogens with zero attached hydrogens (tertiary/aromatic N) is 2. The number of hydrogen-bond acceptors (Lipinski definition) is 4. The van der Waals surface area contributed by atoms with E-state index in [1.165, 1.54) is 4.31 Å². The molecule has 2 unspecified atom stereocenters. The van der Waals surface area contributed by atoms with Gasteiger partial charge in [-0.05, 0) is 38.5 Å². The molecule has 2 aliphatic rings. The lowest BCUT2D eigenvalue weighted by Gasteiger charge is -2.40. The van der Waals surface area contributed by atoms with Crippen LogP contribution in [0.3, 0.4) is 0 Å². The van der Waals surface area contributed by atoms with E-state index in [9.17, 15) is 18.3 Å².